The predicted octanol–water partition coefficient (Wildman–Crippen LogP) is 1.49. The second kappa shape index (κ2) is 6.02. The van der Waals surface area contributed by atoms with E-state index in [1.807, 2.05) is 13.8 Å². The number of rotatable bonds is 2. The van der Waals surface area contributed by atoms with Crippen LogP contribution in [0.4, 0.5) is 0 Å². The second-order valence-electron chi connectivity index (χ2n) is 1.25. The molecular weight excluding hydrogens is 108 g/mol. The Morgan fingerprint density at radius 1 is 1.29 bits per heavy atom. The van der Waals surface area contributed by atoms with Crippen molar-refractivity contribution in [3.8, 4) is 0 Å². The summed E-state index contributed by atoms with van der Waals surface area (Å²) in [4.78, 5) is 10.2. The van der Waals surface area contributed by atoms with E-state index in [0.29, 0.717) is 18.6 Å². The molecule has 0 aliphatic carbocycles. The van der Waals surface area contributed by atoms with Crippen molar-refractivity contribution in [2.24, 2.45) is 0 Å². The van der Waals surface area contributed by atoms with Crippen LogP contribution in [0.15, 0.2) is 0 Å². The number of Topliss-reactive ketones (excluding diaryl/α,β-unsaturated/α-hetero) is 1. The molecule has 0 radical (unpaired) electrons. The van der Waals surface area contributed by atoms with Crippen molar-refractivity contribution < 1.29 is 4.79 Å². The Morgan fingerprint density at radius 2 is 1.57 bits per heavy atom. The standard InChI is InChI=1S/C5H10O.H2S/c1-3-5(6)4-2;/h3-4H2,1-2H3;1H2. The van der Waals surface area contributed by atoms with Gasteiger partial charge in [-0.15, -0.1) is 0 Å². The smallest absolute Gasteiger partial charge is 0.132 e. The third-order valence-corrected chi connectivity index (χ3v) is 0.789. The molecule has 0 aliphatic rings. The van der Waals surface area contributed by atoms with Gasteiger partial charge in [0.15, 0.2) is 0 Å². The van der Waals surface area contributed by atoms with Crippen LogP contribution in [0.5, 0.6) is 0 Å². The van der Waals surface area contributed by atoms with Crippen molar-refractivity contribution in [2.45, 2.75) is 26.7 Å². The van der Waals surface area contributed by atoms with E-state index in [0.717, 1.165) is 0 Å². The monoisotopic (exact) mass is 120 g/mol. The topological polar surface area (TPSA) is 17.1 Å². The van der Waals surface area contributed by atoms with Crippen molar-refractivity contribution in [1.29, 1.82) is 0 Å². The van der Waals surface area contributed by atoms with Crippen molar-refractivity contribution in [3.05, 3.63) is 0 Å². The first-order valence-corrected chi connectivity index (χ1v) is 2.33. The van der Waals surface area contributed by atoms with Crippen LogP contribution in [0, 0.1) is 0 Å². The molecule has 0 N–H and O–H groups in total. The van der Waals surface area contributed by atoms with Gasteiger partial charge < -0.3 is 0 Å². The van der Waals surface area contributed by atoms with Gasteiger partial charge in [-0.3, -0.25) is 4.79 Å². The van der Waals surface area contributed by atoms with Crippen molar-refractivity contribution in [1.82, 2.24) is 0 Å². The number of hydrogen-bond donors (Lipinski definition) is 0. The van der Waals surface area contributed by atoms with Crippen LogP contribution >= 0.6 is 13.5 Å². The number of ketones is 1. The van der Waals surface area contributed by atoms with Crippen molar-refractivity contribution >= 4 is 19.3 Å². The Balaban J connectivity index is 0. The molecule has 0 saturated heterocycles. The molecule has 0 aromatic rings. The molecule has 0 unspecified atom stereocenters. The average Bonchev–Trinajstić information content (AvgIpc) is 1.65. The zero-order valence-corrected chi connectivity index (χ0v) is 5.82. The van der Waals surface area contributed by atoms with Crippen LogP contribution in [-0.4, -0.2) is 5.78 Å². The molecule has 2 heteroatoms. The fourth-order valence-corrected chi connectivity index (χ4v) is 0.250. The first-order valence-electron chi connectivity index (χ1n) is 2.33. The van der Waals surface area contributed by atoms with Gasteiger partial charge in [0.2, 0.25) is 0 Å². The van der Waals surface area contributed by atoms with Gasteiger partial charge in [0.05, 0.1) is 0 Å². The lowest BCUT2D eigenvalue weighted by Gasteiger charge is -1.81. The minimum absolute atomic E-state index is 0. The van der Waals surface area contributed by atoms with E-state index < -0.39 is 0 Å². The van der Waals surface area contributed by atoms with E-state index >= 15 is 0 Å². The largest absolute Gasteiger partial charge is 0.300 e. The van der Waals surface area contributed by atoms with E-state index in [1.54, 1.807) is 0 Å². The number of carbonyl (C=O) groups is 1. The Morgan fingerprint density at radius 3 is 1.57 bits per heavy atom. The molecule has 0 fully saturated rings. The lowest BCUT2D eigenvalue weighted by molar-refractivity contribution is -0.118. The quantitative estimate of drug-likeness (QED) is 0.539. The molecule has 0 aromatic heterocycles. The molecule has 0 aliphatic heterocycles. The molecule has 0 saturated carbocycles. The fraction of sp³-hybridized carbons (Fsp3) is 0.800. The molecule has 0 rings (SSSR count). The second-order valence-corrected chi connectivity index (χ2v) is 1.25. The summed E-state index contributed by atoms with van der Waals surface area (Å²) >= 11 is 0. The normalized spacial score (nSPS) is 7.14. The molecule has 0 aromatic carbocycles. The maximum absolute atomic E-state index is 10.2. The Bertz CT molecular complexity index is 46.0. The maximum Gasteiger partial charge on any atom is 0.132 e. The van der Waals surface area contributed by atoms with E-state index in [2.05, 4.69) is 0 Å². The zero-order valence-electron chi connectivity index (χ0n) is 4.82. The lowest BCUT2D eigenvalue weighted by Crippen LogP contribution is -1.88. The highest BCUT2D eigenvalue weighted by Gasteiger charge is 1.86. The molecule has 7 heavy (non-hydrogen) atoms. The third kappa shape index (κ3) is 6.02. The summed E-state index contributed by atoms with van der Waals surface area (Å²) in [5.41, 5.74) is 0. The van der Waals surface area contributed by atoms with Crippen LogP contribution in [0.1, 0.15) is 26.7 Å². The average molecular weight is 120 g/mol. The molecule has 0 amide bonds. The van der Waals surface area contributed by atoms with E-state index in [-0.39, 0.29) is 13.5 Å². The van der Waals surface area contributed by atoms with E-state index in [4.69, 9.17) is 0 Å². The van der Waals surface area contributed by atoms with Crippen LogP contribution in [0.25, 0.3) is 0 Å². The van der Waals surface area contributed by atoms with Gasteiger partial charge >= 0.3 is 0 Å². The van der Waals surface area contributed by atoms with Gasteiger partial charge in [-0.2, -0.15) is 13.5 Å². The highest BCUT2D eigenvalue weighted by atomic mass is 32.1. The number of hydrogen-bond acceptors (Lipinski definition) is 1. The summed E-state index contributed by atoms with van der Waals surface area (Å²) in [6.07, 6.45) is 1.38. The first kappa shape index (κ1) is 10.1. The Hall–Kier alpha value is 0.0200. The van der Waals surface area contributed by atoms with Crippen LogP contribution in [0.2, 0.25) is 0 Å². The molecular formula is C5H12OS. The summed E-state index contributed by atoms with van der Waals surface area (Å²) in [5, 5.41) is 0. The summed E-state index contributed by atoms with van der Waals surface area (Å²) in [6.45, 7) is 3.76. The van der Waals surface area contributed by atoms with E-state index in [9.17, 15) is 4.79 Å². The highest BCUT2D eigenvalue weighted by Crippen LogP contribution is 1.82. The number of carbonyl (C=O) groups excluding carboxylic acids is 1. The predicted molar refractivity (Wildman–Crippen MR) is 36.0 cm³/mol. The third-order valence-electron chi connectivity index (χ3n) is 0.789. The SMILES string of the molecule is CCC(=O)CC.S. The first-order chi connectivity index (χ1) is 2.81. The van der Waals surface area contributed by atoms with E-state index in [1.165, 1.54) is 0 Å². The molecule has 44 valence electrons. The van der Waals surface area contributed by atoms with Crippen molar-refractivity contribution in [3.63, 3.8) is 0 Å². The zero-order chi connectivity index (χ0) is 4.99. The lowest BCUT2D eigenvalue weighted by atomic mass is 10.3. The van der Waals surface area contributed by atoms with Gasteiger partial charge in [0, 0.05) is 12.8 Å². The van der Waals surface area contributed by atoms with Gasteiger partial charge in [-0.1, -0.05) is 13.8 Å². The highest BCUT2D eigenvalue weighted by molar-refractivity contribution is 7.59. The molecule has 0 bridgehead atoms. The van der Waals surface area contributed by atoms with Crippen LogP contribution in [0.3, 0.4) is 0 Å². The summed E-state index contributed by atoms with van der Waals surface area (Å²) < 4.78 is 0. The van der Waals surface area contributed by atoms with Gasteiger partial charge in [-0.25, -0.2) is 0 Å². The fourth-order valence-electron chi connectivity index (χ4n) is 0.250. The summed E-state index contributed by atoms with van der Waals surface area (Å²) in [7, 11) is 0. The minimum Gasteiger partial charge on any atom is -0.300 e. The minimum atomic E-state index is 0. The van der Waals surface area contributed by atoms with Crippen LogP contribution in [-0.2, 0) is 4.79 Å². The molecule has 0 atom stereocenters. The van der Waals surface area contributed by atoms with Gasteiger partial charge in [0.25, 0.3) is 0 Å². The van der Waals surface area contributed by atoms with Crippen LogP contribution < -0.4 is 0 Å². The Labute approximate surface area is 51.6 Å². The molecule has 1 nitrogen and oxygen atoms in total. The summed E-state index contributed by atoms with van der Waals surface area (Å²) in [6, 6.07) is 0. The summed E-state index contributed by atoms with van der Waals surface area (Å²) in [5.74, 6) is 0.343. The molecule has 0 spiro atoms. The molecule has 0 heterocycles. The van der Waals surface area contributed by atoms with Gasteiger partial charge in [-0.05, 0) is 0 Å². The van der Waals surface area contributed by atoms with Crippen molar-refractivity contribution in [2.75, 3.05) is 0 Å². The van der Waals surface area contributed by atoms with Gasteiger partial charge in [0.1, 0.15) is 5.78 Å². The Kier molecular flexibility index (Phi) is 8.68. The maximum atomic E-state index is 10.2.